The predicted octanol–water partition coefficient (Wildman–Crippen LogP) is -0.0538. The molecule has 1 unspecified atom stereocenters. The summed E-state index contributed by atoms with van der Waals surface area (Å²) in [4.78, 5) is 1.83. The first-order valence-corrected chi connectivity index (χ1v) is 18.7. The lowest BCUT2D eigenvalue weighted by atomic mass is 9.94. The molecule has 0 aromatic heterocycles. The molecule has 16 nitrogen and oxygen atoms in total. The van der Waals surface area contributed by atoms with Crippen LogP contribution in [0.25, 0.3) is 0 Å². The van der Waals surface area contributed by atoms with Gasteiger partial charge in [-0.2, -0.15) is 0 Å². The van der Waals surface area contributed by atoms with Crippen LogP contribution in [0.5, 0.6) is 5.75 Å². The van der Waals surface area contributed by atoms with Gasteiger partial charge in [-0.15, -0.1) is 0 Å². The number of benzene rings is 2. The number of halogens is 2. The maximum Gasteiger partial charge on any atom is 0.208 e. The van der Waals surface area contributed by atoms with Crippen LogP contribution in [-0.4, -0.2) is 163 Å². The van der Waals surface area contributed by atoms with Gasteiger partial charge in [0, 0.05) is 34.3 Å². The topological polar surface area (TPSA) is 252 Å². The van der Waals surface area contributed by atoms with Crippen LogP contribution >= 0.6 is 23.2 Å². The molecular formula is C36H53Cl2NO15. The largest absolute Gasteiger partial charge is 0.508 e. The van der Waals surface area contributed by atoms with E-state index in [-0.39, 0.29) is 31.0 Å². The molecule has 10 atom stereocenters. The van der Waals surface area contributed by atoms with E-state index in [1.54, 1.807) is 18.2 Å². The summed E-state index contributed by atoms with van der Waals surface area (Å²) in [7, 11) is 0. The van der Waals surface area contributed by atoms with Crippen molar-refractivity contribution in [2.75, 3.05) is 52.7 Å². The van der Waals surface area contributed by atoms with Crippen LogP contribution in [0.3, 0.4) is 0 Å². The van der Waals surface area contributed by atoms with Gasteiger partial charge in [0.2, 0.25) is 5.79 Å². The van der Waals surface area contributed by atoms with Crippen molar-refractivity contribution in [3.05, 3.63) is 63.1 Å². The van der Waals surface area contributed by atoms with Crippen LogP contribution in [0, 0.1) is 0 Å². The number of aromatic hydroxyl groups is 1. The van der Waals surface area contributed by atoms with Crippen molar-refractivity contribution >= 4 is 23.2 Å². The molecule has 2 saturated heterocycles. The van der Waals surface area contributed by atoms with E-state index in [0.717, 1.165) is 24.8 Å². The smallest absolute Gasteiger partial charge is 0.208 e. The van der Waals surface area contributed by atoms with Gasteiger partial charge in [-0.1, -0.05) is 48.2 Å². The van der Waals surface area contributed by atoms with E-state index in [2.05, 4.69) is 0 Å². The average molecular weight is 811 g/mol. The molecule has 0 aliphatic carbocycles. The van der Waals surface area contributed by atoms with E-state index < -0.39 is 80.7 Å². The Morgan fingerprint density at radius 3 is 2.28 bits per heavy atom. The molecule has 306 valence electrons. The van der Waals surface area contributed by atoms with Crippen molar-refractivity contribution in [3.8, 4) is 5.75 Å². The zero-order chi connectivity index (χ0) is 39.4. The first-order valence-electron chi connectivity index (χ1n) is 17.9. The summed E-state index contributed by atoms with van der Waals surface area (Å²) in [6.07, 6.45) is -12.3. The van der Waals surface area contributed by atoms with Crippen molar-refractivity contribution < 1.29 is 74.7 Å². The normalized spacial score (nSPS) is 28.2. The summed E-state index contributed by atoms with van der Waals surface area (Å²) in [5, 5.41) is 106. The maximum atomic E-state index is 11.9. The fourth-order valence-electron chi connectivity index (χ4n) is 6.41. The number of ether oxygens (including phenoxy) is 5. The Bertz CT molecular complexity index is 1410. The Morgan fingerprint density at radius 1 is 0.889 bits per heavy atom. The standard InChI is InChI=1S/C36H53Cl2NO15/c37-24-6-5-7-25(38)23(24)19-51-13-12-50-11-4-2-1-3-10-39-15-28(21-8-9-26(43)22(14-21)16-40)54-36(49,20-39)34(48)33(27(44)17-41)53-35-32(47)31(46)30(45)29(18-42)52-35/h5-9,14,27-35,40-49H,1-4,10-13,15-20H2/t27-,28+,29-,30+,31+,32-,33-,34+,35+,36?/m1/s1. The summed E-state index contributed by atoms with van der Waals surface area (Å²) < 4.78 is 28.4. The van der Waals surface area contributed by atoms with Crippen LogP contribution in [0.1, 0.15) is 48.5 Å². The second-order valence-electron chi connectivity index (χ2n) is 13.5. The van der Waals surface area contributed by atoms with Gasteiger partial charge in [-0.3, -0.25) is 4.90 Å². The number of phenols is 1. The molecule has 18 heteroatoms. The fourth-order valence-corrected chi connectivity index (χ4v) is 6.91. The predicted molar refractivity (Wildman–Crippen MR) is 192 cm³/mol. The van der Waals surface area contributed by atoms with Crippen molar-refractivity contribution in [2.24, 2.45) is 0 Å². The van der Waals surface area contributed by atoms with E-state index in [9.17, 15) is 51.1 Å². The Labute approximate surface area is 323 Å². The molecule has 2 aromatic carbocycles. The second kappa shape index (κ2) is 21.7. The van der Waals surface area contributed by atoms with Gasteiger partial charge in [0.25, 0.3) is 0 Å². The number of morpholine rings is 1. The van der Waals surface area contributed by atoms with E-state index in [0.29, 0.717) is 48.4 Å². The third kappa shape index (κ3) is 11.9. The SMILES string of the molecule is OCc1cc([C@@H]2CN(CCCCCCOCCOCc3c(Cl)cccc3Cl)CC(O)([C@@H](O)[C@H](O[C@@H]3O[C@H](CO)[C@H](O)[C@H](O)[C@H]3O)[C@H](O)CO)O2)ccc1O. The van der Waals surface area contributed by atoms with Gasteiger partial charge in [0.15, 0.2) is 6.29 Å². The number of hydrogen-bond acceptors (Lipinski definition) is 16. The Hall–Kier alpha value is -1.78. The minimum atomic E-state index is -2.47. The molecule has 2 heterocycles. The third-order valence-corrected chi connectivity index (χ3v) is 10.2. The number of hydrogen-bond donors (Lipinski definition) is 10. The van der Waals surface area contributed by atoms with Crippen LogP contribution < -0.4 is 0 Å². The molecule has 4 rings (SSSR count). The van der Waals surface area contributed by atoms with Crippen LogP contribution in [0.2, 0.25) is 10.0 Å². The summed E-state index contributed by atoms with van der Waals surface area (Å²) >= 11 is 12.3. The van der Waals surface area contributed by atoms with Crippen LogP contribution in [0.4, 0.5) is 0 Å². The van der Waals surface area contributed by atoms with Crippen molar-refractivity contribution in [3.63, 3.8) is 0 Å². The summed E-state index contributed by atoms with van der Waals surface area (Å²) in [5.41, 5.74) is 1.38. The molecule has 2 aromatic rings. The summed E-state index contributed by atoms with van der Waals surface area (Å²) in [6, 6.07) is 9.66. The number of rotatable bonds is 21. The highest BCUT2D eigenvalue weighted by Gasteiger charge is 2.53. The van der Waals surface area contributed by atoms with Gasteiger partial charge in [-0.25, -0.2) is 0 Å². The molecule has 0 amide bonds. The van der Waals surface area contributed by atoms with Gasteiger partial charge in [-0.05, 0) is 49.2 Å². The van der Waals surface area contributed by atoms with E-state index in [1.165, 1.54) is 18.2 Å². The molecule has 54 heavy (non-hydrogen) atoms. The lowest BCUT2D eigenvalue weighted by Crippen LogP contribution is -2.66. The molecule has 2 aliphatic heterocycles. The Morgan fingerprint density at radius 2 is 1.59 bits per heavy atom. The number of nitrogens with zero attached hydrogens (tertiary/aromatic N) is 1. The molecule has 2 aliphatic rings. The maximum absolute atomic E-state index is 11.9. The molecule has 0 radical (unpaired) electrons. The van der Waals surface area contributed by atoms with Gasteiger partial charge in [0.1, 0.15) is 48.5 Å². The van der Waals surface area contributed by atoms with E-state index >= 15 is 0 Å². The van der Waals surface area contributed by atoms with E-state index in [4.69, 9.17) is 46.9 Å². The lowest BCUT2D eigenvalue weighted by molar-refractivity contribution is -0.361. The monoisotopic (exact) mass is 809 g/mol. The first-order chi connectivity index (χ1) is 25.8. The summed E-state index contributed by atoms with van der Waals surface area (Å²) in [5.74, 6) is -2.62. The quantitative estimate of drug-likeness (QED) is 0.0742. The first kappa shape index (κ1) is 44.9. The minimum Gasteiger partial charge on any atom is -0.508 e. The molecule has 0 saturated carbocycles. The Balaban J connectivity index is 1.35. The van der Waals surface area contributed by atoms with Gasteiger partial charge >= 0.3 is 0 Å². The molecule has 10 N–H and O–H groups in total. The second-order valence-corrected chi connectivity index (χ2v) is 14.3. The Kier molecular flexibility index (Phi) is 18.0. The highest BCUT2D eigenvalue weighted by Crippen LogP contribution is 2.36. The zero-order valence-electron chi connectivity index (χ0n) is 29.8. The molecule has 2 fully saturated rings. The molecule has 0 spiro atoms. The highest BCUT2D eigenvalue weighted by molar-refractivity contribution is 6.35. The van der Waals surface area contributed by atoms with E-state index in [1.807, 2.05) is 4.90 Å². The molecule has 0 bridgehead atoms. The van der Waals surface area contributed by atoms with Gasteiger partial charge in [0.05, 0.1) is 52.3 Å². The average Bonchev–Trinajstić information content (AvgIpc) is 3.16. The fraction of sp³-hybridized carbons (Fsp3) is 0.667. The number of aliphatic hydroxyl groups excluding tert-OH is 8. The zero-order valence-corrected chi connectivity index (χ0v) is 31.3. The van der Waals surface area contributed by atoms with Crippen LogP contribution in [0.15, 0.2) is 36.4 Å². The van der Waals surface area contributed by atoms with Crippen molar-refractivity contribution in [1.29, 1.82) is 0 Å². The summed E-state index contributed by atoms with van der Waals surface area (Å²) in [6.45, 7) is -0.241. The number of unbranched alkanes of at least 4 members (excludes halogenated alkanes) is 3. The van der Waals surface area contributed by atoms with Gasteiger partial charge < -0.3 is 74.7 Å². The lowest BCUT2D eigenvalue weighted by Gasteiger charge is -2.48. The highest BCUT2D eigenvalue weighted by atomic mass is 35.5. The third-order valence-electron chi connectivity index (χ3n) is 9.54. The number of β-amino-alcohol motifs (C(OH)–C–C–N with tert-alkyl or cyclic N) is 1. The van der Waals surface area contributed by atoms with Crippen LogP contribution in [-0.2, 0) is 36.9 Å². The van der Waals surface area contributed by atoms with Crippen molar-refractivity contribution in [1.82, 2.24) is 4.90 Å². The number of aliphatic hydroxyl groups is 9. The minimum absolute atomic E-state index is 0.151. The van der Waals surface area contributed by atoms with Crippen molar-refractivity contribution in [2.45, 2.75) is 99.8 Å². The molecular weight excluding hydrogens is 757 g/mol.